The molecule has 15 heavy (non-hydrogen) atoms. The zero-order chi connectivity index (χ0) is 11.3. The highest BCUT2D eigenvalue weighted by Gasteiger charge is 2.32. The molecule has 1 fully saturated rings. The van der Waals surface area contributed by atoms with Crippen LogP contribution >= 0.6 is 0 Å². The Balaban J connectivity index is 2.34. The quantitative estimate of drug-likeness (QED) is 0.758. The molecule has 1 N–H and O–H groups in total. The topological polar surface area (TPSA) is 21.3 Å². The molecule has 90 valence electrons. The summed E-state index contributed by atoms with van der Waals surface area (Å²) in [7, 11) is 0. The number of nitrogens with one attached hydrogen (secondary N) is 1. The van der Waals surface area contributed by atoms with Gasteiger partial charge in [0.1, 0.15) is 0 Å². The lowest BCUT2D eigenvalue weighted by Gasteiger charge is -2.40. The second-order valence-corrected chi connectivity index (χ2v) is 5.51. The van der Waals surface area contributed by atoms with E-state index in [-0.39, 0.29) is 0 Å². The molecule has 1 aliphatic rings. The van der Waals surface area contributed by atoms with E-state index in [4.69, 9.17) is 4.74 Å². The van der Waals surface area contributed by atoms with Crippen molar-refractivity contribution in [2.24, 2.45) is 5.41 Å². The maximum atomic E-state index is 5.44. The largest absolute Gasteiger partial charge is 0.380 e. The van der Waals surface area contributed by atoms with Gasteiger partial charge in [-0.2, -0.15) is 0 Å². The van der Waals surface area contributed by atoms with E-state index in [0.29, 0.717) is 17.5 Å². The summed E-state index contributed by atoms with van der Waals surface area (Å²) in [5, 5.41) is 3.72. The predicted molar refractivity (Wildman–Crippen MR) is 65.1 cm³/mol. The van der Waals surface area contributed by atoms with Crippen LogP contribution in [0.4, 0.5) is 0 Å². The van der Waals surface area contributed by atoms with Crippen LogP contribution in [0, 0.1) is 5.41 Å². The van der Waals surface area contributed by atoms with Crippen molar-refractivity contribution < 1.29 is 4.74 Å². The molecule has 1 saturated carbocycles. The number of ether oxygens (including phenoxy) is 1. The molecule has 0 spiro atoms. The maximum Gasteiger partial charge on any atom is 0.0616 e. The van der Waals surface area contributed by atoms with Gasteiger partial charge in [-0.15, -0.1) is 0 Å². The van der Waals surface area contributed by atoms with Crippen molar-refractivity contribution in [3.8, 4) is 0 Å². The Labute approximate surface area is 94.8 Å². The smallest absolute Gasteiger partial charge is 0.0616 e. The Morgan fingerprint density at radius 1 is 1.40 bits per heavy atom. The molecule has 0 aliphatic heterocycles. The van der Waals surface area contributed by atoms with Gasteiger partial charge in [0.15, 0.2) is 0 Å². The monoisotopic (exact) mass is 213 g/mol. The fourth-order valence-electron chi connectivity index (χ4n) is 2.49. The van der Waals surface area contributed by atoms with Crippen molar-refractivity contribution in [2.75, 3.05) is 13.2 Å². The maximum absolute atomic E-state index is 5.44. The molecule has 0 bridgehead atoms. The Morgan fingerprint density at radius 3 is 2.73 bits per heavy atom. The van der Waals surface area contributed by atoms with Gasteiger partial charge in [0.25, 0.3) is 0 Å². The number of rotatable bonds is 5. The van der Waals surface area contributed by atoms with Crippen molar-refractivity contribution in [3.05, 3.63) is 0 Å². The Kier molecular flexibility index (Phi) is 5.07. The highest BCUT2D eigenvalue weighted by atomic mass is 16.5. The van der Waals surface area contributed by atoms with E-state index >= 15 is 0 Å². The standard InChI is InChI=1S/C13H27NO/c1-5-15-10-11(2)14-12-8-6-7-9-13(12,3)4/h11-12,14H,5-10H2,1-4H3. The molecule has 0 aromatic rings. The summed E-state index contributed by atoms with van der Waals surface area (Å²) in [6.45, 7) is 10.7. The van der Waals surface area contributed by atoms with E-state index in [2.05, 4.69) is 33.0 Å². The first-order chi connectivity index (χ1) is 7.06. The minimum Gasteiger partial charge on any atom is -0.380 e. The van der Waals surface area contributed by atoms with E-state index in [1.165, 1.54) is 25.7 Å². The third kappa shape index (κ3) is 4.12. The molecule has 0 radical (unpaired) electrons. The molecular formula is C13H27NO. The lowest BCUT2D eigenvalue weighted by molar-refractivity contribution is 0.0985. The van der Waals surface area contributed by atoms with Gasteiger partial charge < -0.3 is 10.1 Å². The van der Waals surface area contributed by atoms with Gasteiger partial charge in [-0.05, 0) is 32.1 Å². The molecule has 2 unspecified atom stereocenters. The van der Waals surface area contributed by atoms with E-state index in [1.807, 2.05) is 0 Å². The molecule has 0 aromatic heterocycles. The van der Waals surface area contributed by atoms with Crippen molar-refractivity contribution in [2.45, 2.75) is 65.5 Å². The minimum atomic E-state index is 0.457. The zero-order valence-corrected chi connectivity index (χ0v) is 10.8. The van der Waals surface area contributed by atoms with Crippen molar-refractivity contribution in [1.82, 2.24) is 5.32 Å². The summed E-state index contributed by atoms with van der Waals surface area (Å²) in [6.07, 6.45) is 5.45. The van der Waals surface area contributed by atoms with Crippen LogP contribution in [0.2, 0.25) is 0 Å². The van der Waals surface area contributed by atoms with Gasteiger partial charge in [-0.25, -0.2) is 0 Å². The highest BCUT2D eigenvalue weighted by molar-refractivity contribution is 4.89. The van der Waals surface area contributed by atoms with Crippen LogP contribution in [0.5, 0.6) is 0 Å². The van der Waals surface area contributed by atoms with E-state index in [0.717, 1.165) is 13.2 Å². The fourth-order valence-corrected chi connectivity index (χ4v) is 2.49. The summed E-state index contributed by atoms with van der Waals surface area (Å²) < 4.78 is 5.44. The zero-order valence-electron chi connectivity index (χ0n) is 10.8. The second kappa shape index (κ2) is 5.86. The van der Waals surface area contributed by atoms with Crippen LogP contribution in [0.1, 0.15) is 53.4 Å². The summed E-state index contributed by atoms with van der Waals surface area (Å²) in [5.41, 5.74) is 0.457. The molecular weight excluding hydrogens is 186 g/mol. The summed E-state index contributed by atoms with van der Waals surface area (Å²) in [5.74, 6) is 0. The van der Waals surface area contributed by atoms with Crippen LogP contribution in [-0.4, -0.2) is 25.3 Å². The first-order valence-electron chi connectivity index (χ1n) is 6.40. The molecule has 1 aliphatic carbocycles. The number of hydrogen-bond donors (Lipinski definition) is 1. The molecule has 2 nitrogen and oxygen atoms in total. The second-order valence-electron chi connectivity index (χ2n) is 5.51. The van der Waals surface area contributed by atoms with E-state index in [9.17, 15) is 0 Å². The van der Waals surface area contributed by atoms with Crippen LogP contribution in [0.15, 0.2) is 0 Å². The van der Waals surface area contributed by atoms with E-state index < -0.39 is 0 Å². The summed E-state index contributed by atoms with van der Waals surface area (Å²) in [4.78, 5) is 0. The summed E-state index contributed by atoms with van der Waals surface area (Å²) >= 11 is 0. The molecule has 0 aromatic carbocycles. The van der Waals surface area contributed by atoms with Crippen molar-refractivity contribution >= 4 is 0 Å². The third-order valence-corrected chi connectivity index (χ3v) is 3.56. The van der Waals surface area contributed by atoms with Crippen molar-refractivity contribution in [1.29, 1.82) is 0 Å². The van der Waals surface area contributed by atoms with Crippen LogP contribution in [0.3, 0.4) is 0 Å². The van der Waals surface area contributed by atoms with Gasteiger partial charge >= 0.3 is 0 Å². The normalized spacial score (nSPS) is 27.6. The lowest BCUT2D eigenvalue weighted by Crippen LogP contribution is -2.49. The summed E-state index contributed by atoms with van der Waals surface area (Å²) in [6, 6.07) is 1.15. The van der Waals surface area contributed by atoms with Gasteiger partial charge in [0.05, 0.1) is 6.61 Å². The molecule has 1 rings (SSSR count). The molecule has 0 heterocycles. The first kappa shape index (κ1) is 13.0. The Morgan fingerprint density at radius 2 is 2.13 bits per heavy atom. The fraction of sp³-hybridized carbons (Fsp3) is 1.00. The molecule has 2 heteroatoms. The molecule has 2 atom stereocenters. The van der Waals surface area contributed by atoms with Crippen LogP contribution in [0.25, 0.3) is 0 Å². The predicted octanol–water partition coefficient (Wildman–Crippen LogP) is 2.97. The van der Waals surface area contributed by atoms with Crippen LogP contribution in [-0.2, 0) is 4.74 Å². The van der Waals surface area contributed by atoms with E-state index in [1.54, 1.807) is 0 Å². The Bertz CT molecular complexity index is 179. The Hall–Kier alpha value is -0.0800. The van der Waals surface area contributed by atoms with Crippen LogP contribution < -0.4 is 5.32 Å². The SMILES string of the molecule is CCOCC(C)NC1CCCCC1(C)C. The van der Waals surface area contributed by atoms with Gasteiger partial charge in [0.2, 0.25) is 0 Å². The van der Waals surface area contributed by atoms with Gasteiger partial charge in [-0.1, -0.05) is 26.7 Å². The minimum absolute atomic E-state index is 0.457. The highest BCUT2D eigenvalue weighted by Crippen LogP contribution is 2.35. The van der Waals surface area contributed by atoms with Gasteiger partial charge in [0, 0.05) is 18.7 Å². The average Bonchev–Trinajstić information content (AvgIpc) is 2.18. The lowest BCUT2D eigenvalue weighted by atomic mass is 9.73. The first-order valence-corrected chi connectivity index (χ1v) is 6.40. The molecule has 0 amide bonds. The third-order valence-electron chi connectivity index (χ3n) is 3.56. The van der Waals surface area contributed by atoms with Gasteiger partial charge in [-0.3, -0.25) is 0 Å². The van der Waals surface area contributed by atoms with Crippen molar-refractivity contribution in [3.63, 3.8) is 0 Å². The number of hydrogen-bond acceptors (Lipinski definition) is 2. The average molecular weight is 213 g/mol. The molecule has 0 saturated heterocycles.